The van der Waals surface area contributed by atoms with E-state index in [2.05, 4.69) is 39.6 Å². The lowest BCUT2D eigenvalue weighted by molar-refractivity contribution is -0.181. The summed E-state index contributed by atoms with van der Waals surface area (Å²) in [5.41, 5.74) is 10.2. The zero-order chi connectivity index (χ0) is 54.1. The monoisotopic (exact) mass is 1020 g/mol. The fraction of sp³-hybridized carbons (Fsp3) is 0.311. The van der Waals surface area contributed by atoms with Gasteiger partial charge < -0.3 is 33.7 Å². The zero-order valence-corrected chi connectivity index (χ0v) is 44.0. The number of alkyl carbamates (subject to hydrolysis) is 1. The van der Waals surface area contributed by atoms with E-state index in [0.717, 1.165) is 16.7 Å². The Morgan fingerprint density at radius 1 is 0.724 bits per heavy atom. The molecular weight excluding hydrogens is 961 g/mol. The minimum atomic E-state index is -2.15. The van der Waals surface area contributed by atoms with Crippen molar-refractivity contribution in [1.82, 2.24) is 14.9 Å². The quantitative estimate of drug-likeness (QED) is 0.0269. The summed E-state index contributed by atoms with van der Waals surface area (Å²) in [6, 6.07) is 55.1. The molecule has 1 saturated heterocycles. The van der Waals surface area contributed by atoms with E-state index in [1.807, 2.05) is 146 Å². The highest BCUT2D eigenvalue weighted by atomic mass is 16.6. The maximum absolute atomic E-state index is 14.8. The zero-order valence-electron chi connectivity index (χ0n) is 44.0. The lowest BCUT2D eigenvalue weighted by Crippen LogP contribution is -2.52. The molecule has 1 aromatic heterocycles. The van der Waals surface area contributed by atoms with Crippen LogP contribution in [0.2, 0.25) is 0 Å². The van der Waals surface area contributed by atoms with Crippen molar-refractivity contribution in [1.29, 1.82) is 0 Å². The van der Waals surface area contributed by atoms with Gasteiger partial charge in [-0.2, -0.15) is 4.98 Å². The number of azide groups is 1. The molecule has 8 rings (SSSR count). The van der Waals surface area contributed by atoms with Gasteiger partial charge in [-0.15, -0.1) is 0 Å². The number of amides is 1. The largest absolute Gasteiger partial charge is 0.497 e. The molecule has 392 valence electrons. The topological polar surface area (TPSA) is 185 Å². The molecule has 2 heterocycles. The van der Waals surface area contributed by atoms with Crippen LogP contribution >= 0.6 is 0 Å². The van der Waals surface area contributed by atoms with Crippen LogP contribution in [0.1, 0.15) is 86.8 Å². The van der Waals surface area contributed by atoms with Crippen LogP contribution in [-0.4, -0.2) is 65.9 Å². The minimum absolute atomic E-state index is 0.273. The van der Waals surface area contributed by atoms with E-state index in [4.69, 9.17) is 33.4 Å². The van der Waals surface area contributed by atoms with Gasteiger partial charge in [0.1, 0.15) is 41.1 Å². The molecule has 0 aliphatic carbocycles. The normalized spacial score (nSPS) is 18.0. The van der Waals surface area contributed by atoms with Crippen molar-refractivity contribution in [3.05, 3.63) is 242 Å². The third-order valence-corrected chi connectivity index (χ3v) is 13.8. The Kier molecular flexibility index (Phi) is 16.4. The smallest absolute Gasteiger partial charge is 0.408 e. The van der Waals surface area contributed by atoms with Crippen LogP contribution < -0.4 is 20.5 Å². The summed E-state index contributed by atoms with van der Waals surface area (Å²) in [4.78, 5) is 50.8. The molecule has 6 aromatic carbocycles. The third kappa shape index (κ3) is 11.2. The molecule has 0 spiro atoms. The average Bonchev–Trinajstić information content (AvgIpc) is 3.73. The van der Waals surface area contributed by atoms with E-state index < -0.39 is 76.9 Å². The summed E-state index contributed by atoms with van der Waals surface area (Å²) in [6.07, 6.45) is -1.62. The van der Waals surface area contributed by atoms with Crippen molar-refractivity contribution in [2.45, 2.75) is 88.7 Å². The number of nitrogens with zero attached hydrogens (tertiary/aromatic N) is 5. The minimum Gasteiger partial charge on any atom is -0.497 e. The predicted octanol–water partition coefficient (Wildman–Crippen LogP) is 11.5. The number of hydrogen-bond donors (Lipinski definition) is 1. The standard InChI is InChI=1S/C61H64N6O9/c1-41(2)52(64-57(70)76-58(4,5)6)55(68)74-53-42(3)54(75-60(53,65-66-62)40-73-61(46-25-17-11-18-26-46,47-27-19-12-20-28-47)48-31-35-51(72-8)36-32-48)67-38-37-49(63-56(67)69)39-59(43-21-13-9-14-22-43,44-23-15-10-16-24-44)45-29-33-50(71-7)34-30-45/h9-38,41-42,52-54H,39-40H2,1-8H3,(H,64,70)/t42-,52-,53-,54+,60+/m0/s1. The summed E-state index contributed by atoms with van der Waals surface area (Å²) in [7, 11) is 3.21. The molecule has 0 bridgehead atoms. The Hall–Kier alpha value is -8.23. The summed E-state index contributed by atoms with van der Waals surface area (Å²) < 4.78 is 38.7. The number of nitrogens with one attached hydrogen (secondary N) is 1. The van der Waals surface area contributed by atoms with Crippen LogP contribution in [0.3, 0.4) is 0 Å². The van der Waals surface area contributed by atoms with Crippen molar-refractivity contribution in [2.75, 3.05) is 20.8 Å². The summed E-state index contributed by atoms with van der Waals surface area (Å²) >= 11 is 0. The number of aromatic nitrogens is 2. The molecule has 0 unspecified atom stereocenters. The highest BCUT2D eigenvalue weighted by molar-refractivity contribution is 5.82. The molecule has 0 radical (unpaired) electrons. The first-order valence-electron chi connectivity index (χ1n) is 25.2. The van der Waals surface area contributed by atoms with Gasteiger partial charge in [-0.05, 0) is 95.9 Å². The number of hydrogen-bond acceptors (Lipinski definition) is 11. The van der Waals surface area contributed by atoms with Gasteiger partial charge in [-0.1, -0.05) is 171 Å². The summed E-state index contributed by atoms with van der Waals surface area (Å²) in [6.45, 7) is 9.85. The van der Waals surface area contributed by atoms with Crippen LogP contribution in [0.4, 0.5) is 4.79 Å². The van der Waals surface area contributed by atoms with Crippen molar-refractivity contribution < 1.29 is 38.0 Å². The number of benzene rings is 6. The first-order chi connectivity index (χ1) is 36.6. The lowest BCUT2D eigenvalue weighted by Gasteiger charge is -2.39. The molecule has 7 aromatic rings. The van der Waals surface area contributed by atoms with Crippen LogP contribution in [0, 0.1) is 11.8 Å². The van der Waals surface area contributed by atoms with E-state index in [0.29, 0.717) is 33.9 Å². The van der Waals surface area contributed by atoms with Crippen molar-refractivity contribution >= 4 is 12.1 Å². The number of carbonyl (C=O) groups is 2. The second-order valence-corrected chi connectivity index (χ2v) is 20.2. The Morgan fingerprint density at radius 3 is 1.63 bits per heavy atom. The van der Waals surface area contributed by atoms with Gasteiger partial charge in [-0.25, -0.2) is 14.4 Å². The van der Waals surface area contributed by atoms with E-state index in [-0.39, 0.29) is 6.42 Å². The third-order valence-electron chi connectivity index (χ3n) is 13.8. The number of methoxy groups -OCH3 is 2. The molecule has 1 aliphatic rings. The van der Waals surface area contributed by atoms with Gasteiger partial charge in [0.05, 0.1) is 26.2 Å². The molecule has 76 heavy (non-hydrogen) atoms. The fourth-order valence-corrected chi connectivity index (χ4v) is 10.2. The molecule has 15 nitrogen and oxygen atoms in total. The van der Waals surface area contributed by atoms with Crippen LogP contribution in [0.5, 0.6) is 11.5 Å². The Morgan fingerprint density at radius 2 is 1.18 bits per heavy atom. The first kappa shape index (κ1) is 54.0. The second-order valence-electron chi connectivity index (χ2n) is 20.2. The summed E-state index contributed by atoms with van der Waals surface area (Å²) in [5.74, 6) is -0.947. The van der Waals surface area contributed by atoms with Crippen molar-refractivity contribution in [3.8, 4) is 11.5 Å². The van der Waals surface area contributed by atoms with Crippen LogP contribution in [0.15, 0.2) is 192 Å². The van der Waals surface area contributed by atoms with Gasteiger partial charge in [0, 0.05) is 29.1 Å². The maximum atomic E-state index is 14.8. The summed E-state index contributed by atoms with van der Waals surface area (Å²) in [5, 5.41) is 7.00. The van der Waals surface area contributed by atoms with Gasteiger partial charge in [0.25, 0.3) is 0 Å². The van der Waals surface area contributed by atoms with E-state index >= 15 is 0 Å². The molecule has 1 fully saturated rings. The van der Waals surface area contributed by atoms with Crippen LogP contribution in [-0.2, 0) is 41.2 Å². The van der Waals surface area contributed by atoms with Crippen LogP contribution in [0.25, 0.3) is 10.4 Å². The van der Waals surface area contributed by atoms with Crippen molar-refractivity contribution in [3.63, 3.8) is 0 Å². The molecule has 1 amide bonds. The lowest BCUT2D eigenvalue weighted by atomic mass is 9.66. The molecule has 1 N–H and O–H groups in total. The van der Waals surface area contributed by atoms with E-state index in [9.17, 15) is 19.9 Å². The van der Waals surface area contributed by atoms with Gasteiger partial charge in [0.15, 0.2) is 0 Å². The Bertz CT molecular complexity index is 3090. The Balaban J connectivity index is 1.25. The van der Waals surface area contributed by atoms with Gasteiger partial charge >= 0.3 is 17.8 Å². The molecule has 15 heteroatoms. The van der Waals surface area contributed by atoms with Gasteiger partial charge in [0.2, 0.25) is 5.72 Å². The first-order valence-corrected chi connectivity index (χ1v) is 25.2. The highest BCUT2D eigenvalue weighted by Crippen LogP contribution is 2.48. The second kappa shape index (κ2) is 23.1. The molecular formula is C61H64N6O9. The maximum Gasteiger partial charge on any atom is 0.408 e. The Labute approximate surface area is 443 Å². The number of ether oxygens (including phenoxy) is 6. The molecule has 1 aliphatic heterocycles. The average molecular weight is 1030 g/mol. The fourth-order valence-electron chi connectivity index (χ4n) is 10.2. The number of rotatable bonds is 19. The predicted molar refractivity (Wildman–Crippen MR) is 289 cm³/mol. The van der Waals surface area contributed by atoms with E-state index in [1.54, 1.807) is 68.0 Å². The number of carbonyl (C=O) groups excluding carboxylic acids is 2. The molecule has 0 saturated carbocycles. The van der Waals surface area contributed by atoms with Crippen molar-refractivity contribution in [2.24, 2.45) is 17.0 Å². The number of esters is 1. The van der Waals surface area contributed by atoms with E-state index in [1.165, 1.54) is 4.57 Å². The molecule has 5 atom stereocenters. The van der Waals surface area contributed by atoms with Gasteiger partial charge in [-0.3, -0.25) is 4.57 Å². The SMILES string of the molecule is COc1ccc(C(Cc2ccn([C@@H]3O[C@@](COC(c4ccccc4)(c4ccccc4)c4ccc(OC)cc4)(N=[N+]=[N-])[C@@H](OC(=O)[C@@H](NC(=O)OC(C)(C)C)C(C)C)[C@@H]3C)c(=O)n2)(c2ccccc2)c2ccccc2)cc1. The highest BCUT2D eigenvalue weighted by Gasteiger charge is 2.59.